The van der Waals surface area contributed by atoms with Crippen molar-refractivity contribution in [2.45, 2.75) is 39.7 Å². The number of carbonyl (C=O) groups is 1. The molecule has 0 N–H and O–H groups in total. The molecule has 0 aromatic heterocycles. The Hall–Kier alpha value is -1.06. The second kappa shape index (κ2) is 8.94. The second-order valence-corrected chi connectivity index (χ2v) is 4.67. The maximum atomic E-state index is 11.5. The van der Waals surface area contributed by atoms with E-state index in [-0.39, 0.29) is 12.4 Å². The van der Waals surface area contributed by atoms with Crippen molar-refractivity contribution in [3.05, 3.63) is 34.3 Å². The van der Waals surface area contributed by atoms with E-state index in [0.717, 1.165) is 24.0 Å². The molecule has 106 valence electrons. The SMILES string of the molecule is CCCCOCc1c(Cl)cccc1CC(=O)OCC. The number of unbranched alkanes of at least 4 members (excludes halogenated alkanes) is 1. The Balaban J connectivity index is 2.68. The molecule has 1 rings (SSSR count). The van der Waals surface area contributed by atoms with Crippen LogP contribution in [-0.4, -0.2) is 19.2 Å². The molecule has 3 nitrogen and oxygen atoms in total. The largest absolute Gasteiger partial charge is 0.466 e. The zero-order chi connectivity index (χ0) is 14.1. The number of hydrogen-bond donors (Lipinski definition) is 0. The van der Waals surface area contributed by atoms with Crippen molar-refractivity contribution in [3.63, 3.8) is 0 Å². The number of benzene rings is 1. The van der Waals surface area contributed by atoms with Gasteiger partial charge in [0.2, 0.25) is 0 Å². The van der Waals surface area contributed by atoms with E-state index >= 15 is 0 Å². The fraction of sp³-hybridized carbons (Fsp3) is 0.533. The van der Waals surface area contributed by atoms with Crippen LogP contribution in [-0.2, 0) is 27.3 Å². The number of halogens is 1. The zero-order valence-corrected chi connectivity index (χ0v) is 12.3. The van der Waals surface area contributed by atoms with Gasteiger partial charge < -0.3 is 9.47 Å². The summed E-state index contributed by atoms with van der Waals surface area (Å²) in [4.78, 5) is 11.5. The molecule has 0 aliphatic rings. The van der Waals surface area contributed by atoms with E-state index in [1.807, 2.05) is 18.2 Å². The van der Waals surface area contributed by atoms with Crippen molar-refractivity contribution < 1.29 is 14.3 Å². The van der Waals surface area contributed by atoms with Crippen LogP contribution in [0, 0.1) is 0 Å². The zero-order valence-electron chi connectivity index (χ0n) is 11.6. The summed E-state index contributed by atoms with van der Waals surface area (Å²) in [5, 5.41) is 0.637. The van der Waals surface area contributed by atoms with Crippen molar-refractivity contribution in [1.29, 1.82) is 0 Å². The molecule has 0 radical (unpaired) electrons. The fourth-order valence-electron chi connectivity index (χ4n) is 1.72. The van der Waals surface area contributed by atoms with Gasteiger partial charge in [-0.15, -0.1) is 0 Å². The third kappa shape index (κ3) is 5.62. The first-order valence-electron chi connectivity index (χ1n) is 6.68. The lowest BCUT2D eigenvalue weighted by Crippen LogP contribution is -2.10. The summed E-state index contributed by atoms with van der Waals surface area (Å²) in [5.74, 6) is -0.237. The first-order chi connectivity index (χ1) is 9.19. The van der Waals surface area contributed by atoms with Gasteiger partial charge in [0, 0.05) is 17.2 Å². The monoisotopic (exact) mass is 284 g/mol. The summed E-state index contributed by atoms with van der Waals surface area (Å²) in [6.07, 6.45) is 2.36. The van der Waals surface area contributed by atoms with Gasteiger partial charge in [0.05, 0.1) is 19.6 Å². The van der Waals surface area contributed by atoms with E-state index in [0.29, 0.717) is 24.8 Å². The van der Waals surface area contributed by atoms with Crippen molar-refractivity contribution in [2.24, 2.45) is 0 Å². The number of ether oxygens (including phenoxy) is 2. The molecule has 19 heavy (non-hydrogen) atoms. The number of esters is 1. The molecule has 1 aromatic carbocycles. The highest BCUT2D eigenvalue weighted by molar-refractivity contribution is 6.31. The quantitative estimate of drug-likeness (QED) is 0.538. The molecule has 0 heterocycles. The average Bonchev–Trinajstić information content (AvgIpc) is 2.37. The van der Waals surface area contributed by atoms with E-state index in [1.54, 1.807) is 6.92 Å². The summed E-state index contributed by atoms with van der Waals surface area (Å²) in [7, 11) is 0. The second-order valence-electron chi connectivity index (χ2n) is 4.27. The van der Waals surface area contributed by atoms with Crippen molar-refractivity contribution in [3.8, 4) is 0 Å². The van der Waals surface area contributed by atoms with Gasteiger partial charge in [0.15, 0.2) is 0 Å². The molecular weight excluding hydrogens is 264 g/mol. The van der Waals surface area contributed by atoms with Crippen LogP contribution < -0.4 is 0 Å². The minimum absolute atomic E-state index is 0.237. The lowest BCUT2D eigenvalue weighted by atomic mass is 10.1. The maximum Gasteiger partial charge on any atom is 0.310 e. The normalized spacial score (nSPS) is 10.5. The molecular formula is C15H21ClO3. The topological polar surface area (TPSA) is 35.5 Å². The first kappa shape index (κ1) is 16.0. The molecule has 0 unspecified atom stereocenters. The van der Waals surface area contributed by atoms with Crippen molar-refractivity contribution in [1.82, 2.24) is 0 Å². The van der Waals surface area contributed by atoms with Gasteiger partial charge >= 0.3 is 5.97 Å². The van der Waals surface area contributed by atoms with Crippen molar-refractivity contribution >= 4 is 17.6 Å². The van der Waals surface area contributed by atoms with Gasteiger partial charge in [0.1, 0.15) is 0 Å². The highest BCUT2D eigenvalue weighted by Gasteiger charge is 2.11. The lowest BCUT2D eigenvalue weighted by molar-refractivity contribution is -0.142. The van der Waals surface area contributed by atoms with Gasteiger partial charge in [-0.3, -0.25) is 4.79 Å². The predicted molar refractivity (Wildman–Crippen MR) is 76.4 cm³/mol. The minimum atomic E-state index is -0.237. The lowest BCUT2D eigenvalue weighted by Gasteiger charge is -2.11. The highest BCUT2D eigenvalue weighted by Crippen LogP contribution is 2.22. The van der Waals surface area contributed by atoms with Crippen LogP contribution >= 0.6 is 11.6 Å². The van der Waals surface area contributed by atoms with Gasteiger partial charge in [-0.25, -0.2) is 0 Å². The van der Waals surface area contributed by atoms with Crippen molar-refractivity contribution in [2.75, 3.05) is 13.2 Å². The Morgan fingerprint density at radius 1 is 1.32 bits per heavy atom. The molecule has 0 atom stereocenters. The van der Waals surface area contributed by atoms with Gasteiger partial charge in [0.25, 0.3) is 0 Å². The Labute approximate surface area is 119 Å². The van der Waals surface area contributed by atoms with Crippen LogP contribution in [0.25, 0.3) is 0 Å². The van der Waals surface area contributed by atoms with E-state index in [4.69, 9.17) is 21.1 Å². The fourth-order valence-corrected chi connectivity index (χ4v) is 1.97. The summed E-state index contributed by atoms with van der Waals surface area (Å²) in [5.41, 5.74) is 1.76. The Morgan fingerprint density at radius 2 is 2.11 bits per heavy atom. The maximum absolute atomic E-state index is 11.5. The molecule has 0 aliphatic carbocycles. The van der Waals surface area contributed by atoms with Gasteiger partial charge in [-0.05, 0) is 25.0 Å². The molecule has 1 aromatic rings. The van der Waals surface area contributed by atoms with Gasteiger partial charge in [-0.2, -0.15) is 0 Å². The molecule has 0 saturated heterocycles. The molecule has 0 spiro atoms. The van der Waals surface area contributed by atoms with Crippen LogP contribution in [0.4, 0.5) is 0 Å². The number of carbonyl (C=O) groups excluding carboxylic acids is 1. The molecule has 0 aliphatic heterocycles. The van der Waals surface area contributed by atoms with Crippen LogP contribution in [0.15, 0.2) is 18.2 Å². The summed E-state index contributed by atoms with van der Waals surface area (Å²) < 4.78 is 10.5. The number of hydrogen-bond acceptors (Lipinski definition) is 3. The van der Waals surface area contributed by atoms with E-state index in [1.165, 1.54) is 0 Å². The number of rotatable bonds is 8. The molecule has 0 fully saturated rings. The predicted octanol–water partition coefficient (Wildman–Crippen LogP) is 3.76. The van der Waals surface area contributed by atoms with E-state index in [9.17, 15) is 4.79 Å². The first-order valence-corrected chi connectivity index (χ1v) is 7.06. The molecule has 4 heteroatoms. The third-order valence-electron chi connectivity index (χ3n) is 2.74. The van der Waals surface area contributed by atoms with Crippen LogP contribution in [0.5, 0.6) is 0 Å². The van der Waals surface area contributed by atoms with E-state index < -0.39 is 0 Å². The Bertz CT molecular complexity index is 404. The Kier molecular flexibility index (Phi) is 7.53. The van der Waals surface area contributed by atoms with E-state index in [2.05, 4.69) is 6.92 Å². The molecule has 0 saturated carbocycles. The van der Waals surface area contributed by atoms with Gasteiger partial charge in [-0.1, -0.05) is 37.1 Å². The summed E-state index contributed by atoms with van der Waals surface area (Å²) >= 11 is 6.17. The standard InChI is InChI=1S/C15H21ClO3/c1-3-5-9-18-11-13-12(7-6-8-14(13)16)10-15(17)19-4-2/h6-8H,3-5,9-11H2,1-2H3. The highest BCUT2D eigenvalue weighted by atomic mass is 35.5. The summed E-state index contributed by atoms with van der Waals surface area (Å²) in [6, 6.07) is 5.54. The minimum Gasteiger partial charge on any atom is -0.466 e. The Morgan fingerprint density at radius 3 is 2.79 bits per heavy atom. The third-order valence-corrected chi connectivity index (χ3v) is 3.10. The van der Waals surface area contributed by atoms with Crippen LogP contribution in [0.2, 0.25) is 5.02 Å². The molecule has 0 amide bonds. The van der Waals surface area contributed by atoms with Crippen LogP contribution in [0.1, 0.15) is 37.8 Å². The average molecular weight is 285 g/mol. The smallest absolute Gasteiger partial charge is 0.310 e. The summed E-state index contributed by atoms with van der Waals surface area (Å²) in [6.45, 7) is 5.45. The molecule has 0 bridgehead atoms. The van der Waals surface area contributed by atoms with Crippen LogP contribution in [0.3, 0.4) is 0 Å².